The Morgan fingerprint density at radius 2 is 1.72 bits per heavy atom. The number of furan rings is 1. The Morgan fingerprint density at radius 3 is 2.38 bits per heavy atom. The highest BCUT2D eigenvalue weighted by molar-refractivity contribution is 6.03. The van der Waals surface area contributed by atoms with Gasteiger partial charge in [-0.2, -0.15) is 0 Å². The monoisotopic (exact) mass is 528 g/mol. The average molecular weight is 529 g/mol. The molecule has 4 aliphatic rings. The zero-order valence-electron chi connectivity index (χ0n) is 23.2. The second kappa shape index (κ2) is 8.14. The van der Waals surface area contributed by atoms with E-state index in [2.05, 4.69) is 19.9 Å². The molecule has 7 atom stereocenters. The fourth-order valence-electron chi connectivity index (χ4n) is 8.98. The van der Waals surface area contributed by atoms with E-state index < -0.39 is 33.9 Å². The Labute approximate surface area is 229 Å². The minimum atomic E-state index is -1.77. The highest BCUT2D eigenvalue weighted by atomic mass is 16.5. The molecule has 6 nitrogen and oxygen atoms in total. The Morgan fingerprint density at radius 1 is 1.00 bits per heavy atom. The normalized spacial score (nSPS) is 40.4. The first kappa shape index (κ1) is 26.0. The third kappa shape index (κ3) is 3.15. The minimum absolute atomic E-state index is 0.0280. The van der Waals surface area contributed by atoms with Crippen molar-refractivity contribution in [3.63, 3.8) is 0 Å². The van der Waals surface area contributed by atoms with Crippen molar-refractivity contribution >= 4 is 17.5 Å². The molecule has 6 rings (SSSR count). The van der Waals surface area contributed by atoms with Crippen LogP contribution in [0.15, 0.2) is 77.1 Å². The summed E-state index contributed by atoms with van der Waals surface area (Å²) in [5.74, 6) is -0.823. The lowest BCUT2D eigenvalue weighted by molar-refractivity contribution is -0.179. The van der Waals surface area contributed by atoms with Crippen molar-refractivity contribution < 1.29 is 28.6 Å². The Kier molecular flexibility index (Phi) is 5.42. The van der Waals surface area contributed by atoms with Crippen LogP contribution in [0.4, 0.5) is 0 Å². The third-order valence-electron chi connectivity index (χ3n) is 11.2. The maximum absolute atomic E-state index is 13.7. The Balaban J connectivity index is 1.52. The summed E-state index contributed by atoms with van der Waals surface area (Å²) in [6.07, 6.45) is 9.43. The van der Waals surface area contributed by atoms with Crippen LogP contribution in [0, 0.1) is 33.5 Å². The second-order valence-electron chi connectivity index (χ2n) is 13.2. The van der Waals surface area contributed by atoms with E-state index in [1.165, 1.54) is 12.5 Å². The molecule has 1 aromatic heterocycles. The van der Waals surface area contributed by atoms with Crippen molar-refractivity contribution in [1.29, 1.82) is 0 Å². The van der Waals surface area contributed by atoms with Crippen LogP contribution in [0.2, 0.25) is 0 Å². The fraction of sp³-hybridized carbons (Fsp3) is 0.485. The van der Waals surface area contributed by atoms with E-state index in [1.54, 1.807) is 42.5 Å². The molecule has 4 aliphatic carbocycles. The smallest absolute Gasteiger partial charge is 0.338 e. The molecule has 1 heterocycles. The van der Waals surface area contributed by atoms with Gasteiger partial charge in [-0.1, -0.05) is 58.9 Å². The summed E-state index contributed by atoms with van der Waals surface area (Å²) in [7, 11) is 0. The number of fused-ring (bicyclic) bond motifs is 5. The van der Waals surface area contributed by atoms with E-state index in [9.17, 15) is 19.5 Å². The zero-order chi connectivity index (χ0) is 28.0. The van der Waals surface area contributed by atoms with Gasteiger partial charge in [-0.3, -0.25) is 9.59 Å². The summed E-state index contributed by atoms with van der Waals surface area (Å²) in [4.78, 5) is 40.3. The van der Waals surface area contributed by atoms with Gasteiger partial charge < -0.3 is 14.3 Å². The molecule has 39 heavy (non-hydrogen) atoms. The van der Waals surface area contributed by atoms with E-state index in [0.29, 0.717) is 30.4 Å². The van der Waals surface area contributed by atoms with Crippen molar-refractivity contribution in [3.05, 3.63) is 83.9 Å². The number of rotatable bonds is 3. The van der Waals surface area contributed by atoms with Crippen molar-refractivity contribution in [2.24, 2.45) is 33.5 Å². The topological polar surface area (TPSA) is 93.8 Å². The first-order valence-corrected chi connectivity index (χ1v) is 13.8. The molecule has 1 N–H and O–H groups in total. The van der Waals surface area contributed by atoms with Crippen LogP contribution in [0.1, 0.15) is 69.8 Å². The van der Waals surface area contributed by atoms with Gasteiger partial charge in [0.05, 0.1) is 18.1 Å². The largest absolute Gasteiger partial charge is 0.472 e. The number of hydrogen-bond acceptors (Lipinski definition) is 6. The molecule has 2 fully saturated rings. The predicted molar refractivity (Wildman–Crippen MR) is 144 cm³/mol. The summed E-state index contributed by atoms with van der Waals surface area (Å²) in [5, 5.41) is 12.1. The summed E-state index contributed by atoms with van der Waals surface area (Å²) in [6.45, 7) is 10.2. The van der Waals surface area contributed by atoms with E-state index in [-0.39, 0.29) is 28.8 Å². The van der Waals surface area contributed by atoms with Crippen LogP contribution < -0.4 is 0 Å². The quantitative estimate of drug-likeness (QED) is 0.505. The van der Waals surface area contributed by atoms with Crippen LogP contribution >= 0.6 is 0 Å². The maximum Gasteiger partial charge on any atom is 0.338 e. The highest BCUT2D eigenvalue weighted by Crippen LogP contribution is 2.73. The highest BCUT2D eigenvalue weighted by Gasteiger charge is 2.72. The van der Waals surface area contributed by atoms with E-state index >= 15 is 0 Å². The lowest BCUT2D eigenvalue weighted by Crippen LogP contribution is -2.65. The standard InChI is InChI=1S/C33H36O6/c1-29(2)23-18-27(39-28(36)20-9-7-6-8-10-20)32(5)22(30(23,3)14-12-25(29)34)11-15-31(4)24(32)17-26(35)33(31,37)21-13-16-38-19-21/h6-10,12-14,16-17,19,22-23,27,37H,11,15,18H2,1-5H3/t22-,23+,27-,30-,31-,32-,33-/m1/s1. The van der Waals surface area contributed by atoms with E-state index in [0.717, 1.165) is 5.57 Å². The van der Waals surface area contributed by atoms with Crippen molar-refractivity contribution in [2.45, 2.75) is 65.6 Å². The maximum atomic E-state index is 13.7. The van der Waals surface area contributed by atoms with Crippen molar-refractivity contribution in [3.8, 4) is 0 Å². The van der Waals surface area contributed by atoms with Gasteiger partial charge in [-0.25, -0.2) is 4.79 Å². The van der Waals surface area contributed by atoms with Gasteiger partial charge in [0.2, 0.25) is 0 Å². The first-order chi connectivity index (χ1) is 18.3. The molecule has 2 saturated carbocycles. The molecular formula is C33H36O6. The molecule has 0 aliphatic heterocycles. The lowest BCUT2D eigenvalue weighted by atomic mass is 9.38. The van der Waals surface area contributed by atoms with E-state index in [4.69, 9.17) is 9.15 Å². The van der Waals surface area contributed by atoms with Crippen LogP contribution in [0.5, 0.6) is 0 Å². The minimum Gasteiger partial charge on any atom is -0.472 e. The number of aliphatic hydroxyl groups is 1. The van der Waals surface area contributed by atoms with Gasteiger partial charge in [0.1, 0.15) is 6.10 Å². The third-order valence-corrected chi connectivity index (χ3v) is 11.2. The van der Waals surface area contributed by atoms with Crippen LogP contribution in [0.25, 0.3) is 0 Å². The van der Waals surface area contributed by atoms with Gasteiger partial charge in [-0.15, -0.1) is 0 Å². The summed E-state index contributed by atoms with van der Waals surface area (Å²) < 4.78 is 11.7. The van der Waals surface area contributed by atoms with Gasteiger partial charge in [0, 0.05) is 21.8 Å². The average Bonchev–Trinajstić information content (AvgIpc) is 3.51. The molecule has 0 amide bonds. The molecular weight excluding hydrogens is 492 g/mol. The molecule has 0 spiro atoms. The first-order valence-electron chi connectivity index (χ1n) is 13.8. The van der Waals surface area contributed by atoms with Crippen LogP contribution in [-0.2, 0) is 19.9 Å². The molecule has 0 saturated heterocycles. The predicted octanol–water partition coefficient (Wildman–Crippen LogP) is 5.82. The number of hydrogen-bond donors (Lipinski definition) is 1. The molecule has 0 radical (unpaired) electrons. The van der Waals surface area contributed by atoms with Crippen LogP contribution in [0.3, 0.4) is 0 Å². The second-order valence-corrected chi connectivity index (χ2v) is 13.2. The van der Waals surface area contributed by atoms with Gasteiger partial charge in [0.25, 0.3) is 0 Å². The summed E-state index contributed by atoms with van der Waals surface area (Å²) >= 11 is 0. The number of allylic oxidation sites excluding steroid dienone is 2. The number of ketones is 2. The number of esters is 1. The summed E-state index contributed by atoms with van der Waals surface area (Å²) in [5.41, 5.74) is -2.75. The Bertz CT molecular complexity index is 1420. The van der Waals surface area contributed by atoms with Crippen molar-refractivity contribution in [2.75, 3.05) is 0 Å². The number of benzene rings is 1. The Hall–Kier alpha value is -3.25. The fourth-order valence-corrected chi connectivity index (χ4v) is 8.98. The van der Waals surface area contributed by atoms with Crippen LogP contribution in [-0.4, -0.2) is 28.7 Å². The molecule has 204 valence electrons. The zero-order valence-corrected chi connectivity index (χ0v) is 23.2. The lowest BCUT2D eigenvalue weighted by Gasteiger charge is -2.66. The number of ether oxygens (including phenoxy) is 1. The summed E-state index contributed by atoms with van der Waals surface area (Å²) in [6, 6.07) is 10.6. The molecule has 6 heteroatoms. The molecule has 0 unspecified atom stereocenters. The van der Waals surface area contributed by atoms with Gasteiger partial charge >= 0.3 is 5.97 Å². The number of carbonyl (C=O) groups excluding carboxylic acids is 3. The van der Waals surface area contributed by atoms with Gasteiger partial charge in [0.15, 0.2) is 17.2 Å². The SMILES string of the molecule is CC1(C)C(=O)C=C[C@]2(C)[C@H]3CC[C@]4(C)C(=CC(=O)[C@]4(O)c4ccoc4)[C@]3(C)[C@H](OC(=O)c3ccccc3)C[C@@H]12. The van der Waals surface area contributed by atoms with E-state index in [1.807, 2.05) is 26.8 Å². The van der Waals surface area contributed by atoms with Gasteiger partial charge in [-0.05, 0) is 72.4 Å². The number of carbonyl (C=O) groups is 3. The van der Waals surface area contributed by atoms with Crippen molar-refractivity contribution in [1.82, 2.24) is 0 Å². The molecule has 2 aromatic rings. The molecule has 0 bridgehead atoms. The molecule has 1 aromatic carbocycles.